The molecule has 0 radical (unpaired) electrons. The van der Waals surface area contributed by atoms with Crippen molar-refractivity contribution < 1.29 is 9.53 Å². The van der Waals surface area contributed by atoms with Gasteiger partial charge in [-0.1, -0.05) is 23.2 Å². The van der Waals surface area contributed by atoms with E-state index in [0.717, 1.165) is 4.57 Å². The number of hydrogen-bond donors (Lipinski definition) is 0. The highest BCUT2D eigenvalue weighted by atomic mass is 35.5. The molecule has 0 aliphatic carbocycles. The van der Waals surface area contributed by atoms with Crippen molar-refractivity contribution in [1.29, 1.82) is 0 Å². The first-order chi connectivity index (χ1) is 7.40. The first-order valence-corrected chi connectivity index (χ1v) is 5.17. The van der Waals surface area contributed by atoms with E-state index in [1.165, 1.54) is 14.0 Å². The third-order valence-electron chi connectivity index (χ3n) is 2.18. The molecule has 1 aromatic rings. The number of methoxy groups -OCH3 is 1. The van der Waals surface area contributed by atoms with Crippen LogP contribution in [0.4, 0.5) is 0 Å². The lowest BCUT2D eigenvalue weighted by molar-refractivity contribution is -0.144. The molecular formula is C9H10Cl2N2O3. The van der Waals surface area contributed by atoms with E-state index in [4.69, 9.17) is 23.2 Å². The minimum atomic E-state index is -0.796. The van der Waals surface area contributed by atoms with E-state index < -0.39 is 17.6 Å². The summed E-state index contributed by atoms with van der Waals surface area (Å²) in [4.78, 5) is 26.7. The molecule has 0 spiro atoms. The zero-order chi connectivity index (χ0) is 12.5. The van der Waals surface area contributed by atoms with E-state index in [1.807, 2.05) is 0 Å². The molecule has 1 aromatic heterocycles. The van der Waals surface area contributed by atoms with Crippen molar-refractivity contribution in [2.24, 2.45) is 0 Å². The summed E-state index contributed by atoms with van der Waals surface area (Å²) in [6.45, 7) is 3.10. The van der Waals surface area contributed by atoms with Crippen LogP contribution in [0.15, 0.2) is 4.79 Å². The zero-order valence-corrected chi connectivity index (χ0v) is 10.5. The molecule has 16 heavy (non-hydrogen) atoms. The summed E-state index contributed by atoms with van der Waals surface area (Å²) in [6.07, 6.45) is 0. The van der Waals surface area contributed by atoms with Gasteiger partial charge in [-0.15, -0.1) is 0 Å². The van der Waals surface area contributed by atoms with Crippen LogP contribution in [0.1, 0.15) is 18.7 Å². The Balaban J connectivity index is 3.44. The fourth-order valence-corrected chi connectivity index (χ4v) is 1.70. The normalized spacial score (nSPS) is 12.3. The molecule has 1 rings (SSSR count). The third kappa shape index (κ3) is 2.20. The van der Waals surface area contributed by atoms with Crippen LogP contribution >= 0.6 is 23.2 Å². The quantitative estimate of drug-likeness (QED) is 0.762. The summed E-state index contributed by atoms with van der Waals surface area (Å²) in [5.74, 6) is -0.552. The highest BCUT2D eigenvalue weighted by molar-refractivity contribution is 6.32. The topological polar surface area (TPSA) is 61.2 Å². The van der Waals surface area contributed by atoms with Gasteiger partial charge in [0, 0.05) is 0 Å². The molecule has 0 aromatic carbocycles. The van der Waals surface area contributed by atoms with Gasteiger partial charge in [0.1, 0.15) is 11.2 Å². The molecule has 1 heterocycles. The molecule has 1 atom stereocenters. The molecule has 0 aliphatic rings. The van der Waals surface area contributed by atoms with Gasteiger partial charge in [-0.05, 0) is 13.8 Å². The number of rotatable bonds is 2. The Morgan fingerprint density at radius 3 is 2.50 bits per heavy atom. The van der Waals surface area contributed by atoms with Gasteiger partial charge in [0.25, 0.3) is 5.56 Å². The maximum Gasteiger partial charge on any atom is 0.328 e. The summed E-state index contributed by atoms with van der Waals surface area (Å²) < 4.78 is 5.71. The van der Waals surface area contributed by atoms with Crippen molar-refractivity contribution in [2.75, 3.05) is 7.11 Å². The Labute approximate surface area is 102 Å². The van der Waals surface area contributed by atoms with Crippen molar-refractivity contribution in [3.05, 3.63) is 26.4 Å². The molecule has 1 unspecified atom stereocenters. The van der Waals surface area contributed by atoms with Gasteiger partial charge in [0.05, 0.1) is 12.8 Å². The first-order valence-electron chi connectivity index (χ1n) is 4.42. The minimum Gasteiger partial charge on any atom is -0.467 e. The van der Waals surface area contributed by atoms with Crippen molar-refractivity contribution in [3.63, 3.8) is 0 Å². The number of nitrogens with zero attached hydrogens (tertiary/aromatic N) is 2. The summed E-state index contributed by atoms with van der Waals surface area (Å²) in [7, 11) is 1.24. The summed E-state index contributed by atoms with van der Waals surface area (Å²) in [5, 5.41) is -0.188. The second-order valence-corrected chi connectivity index (χ2v) is 3.87. The SMILES string of the molecule is COC(=O)C(C)n1c(C)c(Cl)nc(Cl)c1=O. The monoisotopic (exact) mass is 264 g/mol. The number of hydrogen-bond acceptors (Lipinski definition) is 4. The second-order valence-electron chi connectivity index (χ2n) is 3.15. The molecular weight excluding hydrogens is 255 g/mol. The lowest BCUT2D eigenvalue weighted by Gasteiger charge is -2.16. The predicted octanol–water partition coefficient (Wildman–Crippen LogP) is 1.59. The van der Waals surface area contributed by atoms with Gasteiger partial charge in [0.15, 0.2) is 5.15 Å². The van der Waals surface area contributed by atoms with Crippen molar-refractivity contribution in [2.45, 2.75) is 19.9 Å². The van der Waals surface area contributed by atoms with Crippen LogP contribution in [-0.2, 0) is 9.53 Å². The van der Waals surface area contributed by atoms with Gasteiger partial charge >= 0.3 is 5.97 Å². The van der Waals surface area contributed by atoms with Crippen LogP contribution in [0.5, 0.6) is 0 Å². The van der Waals surface area contributed by atoms with Crippen LogP contribution in [0.3, 0.4) is 0 Å². The molecule has 0 bridgehead atoms. The van der Waals surface area contributed by atoms with Gasteiger partial charge in [-0.3, -0.25) is 9.36 Å². The van der Waals surface area contributed by atoms with E-state index in [1.54, 1.807) is 6.92 Å². The maximum atomic E-state index is 11.7. The Morgan fingerprint density at radius 2 is 2.00 bits per heavy atom. The van der Waals surface area contributed by atoms with Crippen molar-refractivity contribution in [1.82, 2.24) is 9.55 Å². The third-order valence-corrected chi connectivity index (χ3v) is 2.79. The molecule has 0 aliphatic heterocycles. The highest BCUT2D eigenvalue weighted by Crippen LogP contribution is 2.17. The molecule has 0 N–H and O–H groups in total. The standard InChI is InChI=1S/C9H10Cl2N2O3/c1-4-6(10)12-7(11)8(14)13(4)5(2)9(15)16-3/h5H,1-3H3. The number of carbonyl (C=O) groups is 1. The van der Waals surface area contributed by atoms with E-state index in [2.05, 4.69) is 9.72 Å². The number of carbonyl (C=O) groups excluding carboxylic acids is 1. The lowest BCUT2D eigenvalue weighted by atomic mass is 10.3. The van der Waals surface area contributed by atoms with Gasteiger partial charge in [0.2, 0.25) is 0 Å². The molecule has 0 fully saturated rings. The van der Waals surface area contributed by atoms with Crippen LogP contribution in [0, 0.1) is 6.92 Å². The predicted molar refractivity (Wildman–Crippen MR) is 60.0 cm³/mol. The van der Waals surface area contributed by atoms with Crippen LogP contribution in [0.25, 0.3) is 0 Å². The van der Waals surface area contributed by atoms with E-state index in [-0.39, 0.29) is 10.3 Å². The van der Waals surface area contributed by atoms with Crippen LogP contribution in [0.2, 0.25) is 10.3 Å². The average Bonchev–Trinajstić information content (AvgIpc) is 2.25. The fourth-order valence-electron chi connectivity index (χ4n) is 1.31. The van der Waals surface area contributed by atoms with Crippen LogP contribution in [-0.4, -0.2) is 22.6 Å². The Bertz CT molecular complexity index is 484. The lowest BCUT2D eigenvalue weighted by Crippen LogP contribution is -2.31. The number of esters is 1. The fraction of sp³-hybridized carbons (Fsp3) is 0.444. The van der Waals surface area contributed by atoms with Gasteiger partial charge in [-0.2, -0.15) is 0 Å². The molecule has 7 heteroatoms. The van der Waals surface area contributed by atoms with Crippen LogP contribution < -0.4 is 5.56 Å². The molecule has 5 nitrogen and oxygen atoms in total. The zero-order valence-electron chi connectivity index (χ0n) is 8.95. The first kappa shape index (κ1) is 13.0. The molecule has 0 saturated heterocycles. The van der Waals surface area contributed by atoms with Crippen molar-refractivity contribution >= 4 is 29.2 Å². The largest absolute Gasteiger partial charge is 0.467 e. The highest BCUT2D eigenvalue weighted by Gasteiger charge is 2.21. The maximum absolute atomic E-state index is 11.7. The Hall–Kier alpha value is -1.07. The average molecular weight is 265 g/mol. The molecule has 0 amide bonds. The van der Waals surface area contributed by atoms with E-state index >= 15 is 0 Å². The Kier molecular flexibility index (Phi) is 3.93. The number of aromatic nitrogens is 2. The molecule has 88 valence electrons. The van der Waals surface area contributed by atoms with E-state index in [0.29, 0.717) is 5.69 Å². The summed E-state index contributed by atoms with van der Waals surface area (Å²) in [6, 6.07) is -0.796. The number of ether oxygens (including phenoxy) is 1. The Morgan fingerprint density at radius 1 is 1.44 bits per heavy atom. The summed E-state index contributed by atoms with van der Waals surface area (Å²) >= 11 is 11.4. The second kappa shape index (κ2) is 4.84. The van der Waals surface area contributed by atoms with E-state index in [9.17, 15) is 9.59 Å². The minimum absolute atomic E-state index is 0.0837. The van der Waals surface area contributed by atoms with Crippen molar-refractivity contribution in [3.8, 4) is 0 Å². The molecule has 0 saturated carbocycles. The number of halogens is 2. The van der Waals surface area contributed by atoms with Gasteiger partial charge in [-0.25, -0.2) is 9.78 Å². The van der Waals surface area contributed by atoms with Gasteiger partial charge < -0.3 is 4.74 Å². The summed E-state index contributed by atoms with van der Waals surface area (Å²) in [5.41, 5.74) is -0.199. The smallest absolute Gasteiger partial charge is 0.328 e.